The van der Waals surface area contributed by atoms with Crippen LogP contribution in [0.25, 0.3) is 0 Å². The van der Waals surface area contributed by atoms with Crippen LogP contribution in [0.3, 0.4) is 0 Å². The fourth-order valence-electron chi connectivity index (χ4n) is 2.55. The van der Waals surface area contributed by atoms with E-state index in [1.807, 2.05) is 12.1 Å². The van der Waals surface area contributed by atoms with Gasteiger partial charge in [0, 0.05) is 6.54 Å². The summed E-state index contributed by atoms with van der Waals surface area (Å²) in [6.45, 7) is 0.566. The highest BCUT2D eigenvalue weighted by molar-refractivity contribution is 8.00. The van der Waals surface area contributed by atoms with Crippen LogP contribution in [0.15, 0.2) is 42.5 Å². The fraction of sp³-hybridized carbons (Fsp3) is 0.235. The third-order valence-electron chi connectivity index (χ3n) is 3.77. The molecule has 1 aliphatic heterocycles. The molecular weight excluding hydrogens is 337 g/mol. The van der Waals surface area contributed by atoms with Gasteiger partial charge < -0.3 is 10.0 Å². The first-order valence-corrected chi connectivity index (χ1v) is 8.61. The minimum absolute atomic E-state index is 0.0687. The zero-order valence-electron chi connectivity index (χ0n) is 12.2. The molecule has 0 bridgehead atoms. The van der Waals surface area contributed by atoms with Crippen molar-refractivity contribution in [2.24, 2.45) is 0 Å². The number of phenols is 1. The Balaban J connectivity index is 1.74. The molecule has 120 valence electrons. The first-order valence-electron chi connectivity index (χ1n) is 7.18. The topological polar surface area (TPSA) is 40.5 Å². The molecule has 6 heteroatoms. The van der Waals surface area contributed by atoms with E-state index in [1.165, 1.54) is 17.8 Å². The number of nitrogens with zero attached hydrogens (tertiary/aromatic N) is 1. The second-order valence-corrected chi connectivity index (χ2v) is 6.82. The lowest BCUT2D eigenvalue weighted by Crippen LogP contribution is -2.30. The lowest BCUT2D eigenvalue weighted by atomic mass is 10.1. The van der Waals surface area contributed by atoms with Crippen molar-refractivity contribution in [3.8, 4) is 5.75 Å². The van der Waals surface area contributed by atoms with E-state index in [2.05, 4.69) is 0 Å². The molecule has 2 aromatic rings. The molecule has 1 aliphatic rings. The summed E-state index contributed by atoms with van der Waals surface area (Å²) in [7, 11) is 0. The lowest BCUT2D eigenvalue weighted by Gasteiger charge is -2.24. The molecule has 0 spiro atoms. The number of amides is 1. The van der Waals surface area contributed by atoms with E-state index in [9.17, 15) is 14.3 Å². The second-order valence-electron chi connectivity index (χ2n) is 5.34. The van der Waals surface area contributed by atoms with E-state index in [4.69, 9.17) is 11.6 Å². The van der Waals surface area contributed by atoms with Gasteiger partial charge in [0.25, 0.3) is 0 Å². The van der Waals surface area contributed by atoms with E-state index < -0.39 is 5.82 Å². The monoisotopic (exact) mass is 351 g/mol. The Hall–Kier alpha value is -1.72. The van der Waals surface area contributed by atoms with Gasteiger partial charge in [0.15, 0.2) is 0 Å². The van der Waals surface area contributed by atoms with Gasteiger partial charge in [0.1, 0.15) is 16.9 Å². The van der Waals surface area contributed by atoms with Crippen molar-refractivity contribution in [3.05, 3.63) is 64.4 Å². The molecule has 2 aromatic carbocycles. The number of hydrogen-bond acceptors (Lipinski definition) is 3. The molecule has 3 rings (SSSR count). The summed E-state index contributed by atoms with van der Waals surface area (Å²) in [5.41, 5.74) is 1.88. The van der Waals surface area contributed by atoms with Gasteiger partial charge in [-0.2, -0.15) is 0 Å². The predicted octanol–water partition coefficient (Wildman–Crippen LogP) is 4.00. The zero-order valence-corrected chi connectivity index (χ0v) is 13.8. The fourth-order valence-corrected chi connectivity index (χ4v) is 3.95. The Morgan fingerprint density at radius 3 is 2.70 bits per heavy atom. The van der Waals surface area contributed by atoms with Crippen molar-refractivity contribution in [1.82, 2.24) is 4.90 Å². The maximum absolute atomic E-state index is 13.3. The molecule has 3 nitrogen and oxygen atoms in total. The minimum atomic E-state index is -0.458. The number of carbonyl (C=O) groups is 1. The third-order valence-corrected chi connectivity index (χ3v) is 5.32. The molecule has 1 saturated heterocycles. The second kappa shape index (κ2) is 6.81. The first kappa shape index (κ1) is 16.1. The van der Waals surface area contributed by atoms with Gasteiger partial charge in [-0.05, 0) is 41.8 Å². The SMILES string of the molecule is O=C1CSC(c2ccc(F)c(Cl)c2)N1CCc1ccc(O)cc1. The number of carbonyl (C=O) groups excluding carboxylic acids is 1. The molecule has 23 heavy (non-hydrogen) atoms. The van der Waals surface area contributed by atoms with Crippen LogP contribution in [0.5, 0.6) is 5.75 Å². The quantitative estimate of drug-likeness (QED) is 0.905. The van der Waals surface area contributed by atoms with Crippen LogP contribution >= 0.6 is 23.4 Å². The van der Waals surface area contributed by atoms with Crippen LogP contribution in [0, 0.1) is 5.82 Å². The van der Waals surface area contributed by atoms with Crippen molar-refractivity contribution in [3.63, 3.8) is 0 Å². The molecule has 0 aliphatic carbocycles. The average Bonchev–Trinajstić information content (AvgIpc) is 2.90. The number of phenolic OH excluding ortho intramolecular Hbond substituents is 1. The summed E-state index contributed by atoms with van der Waals surface area (Å²) in [6, 6.07) is 11.5. The molecule has 1 heterocycles. The number of thioether (sulfide) groups is 1. The molecule has 1 amide bonds. The van der Waals surface area contributed by atoms with Gasteiger partial charge in [-0.3, -0.25) is 4.79 Å². The molecule has 1 unspecified atom stereocenters. The van der Waals surface area contributed by atoms with Gasteiger partial charge in [0.05, 0.1) is 10.8 Å². The van der Waals surface area contributed by atoms with E-state index in [-0.39, 0.29) is 22.1 Å². The van der Waals surface area contributed by atoms with Crippen LogP contribution in [0.1, 0.15) is 16.5 Å². The molecular formula is C17H15ClFNO2S. The summed E-state index contributed by atoms with van der Waals surface area (Å²) in [4.78, 5) is 13.9. The van der Waals surface area contributed by atoms with Crippen LogP contribution < -0.4 is 0 Å². The van der Waals surface area contributed by atoms with Gasteiger partial charge >= 0.3 is 0 Å². The van der Waals surface area contributed by atoms with E-state index in [0.717, 1.165) is 11.1 Å². The molecule has 0 radical (unpaired) electrons. The summed E-state index contributed by atoms with van der Waals surface area (Å²) >= 11 is 7.37. The van der Waals surface area contributed by atoms with Gasteiger partial charge in [-0.15, -0.1) is 11.8 Å². The number of benzene rings is 2. The average molecular weight is 352 g/mol. The Labute approximate surface area is 143 Å². The van der Waals surface area contributed by atoms with Crippen LogP contribution in [0.2, 0.25) is 5.02 Å². The maximum Gasteiger partial charge on any atom is 0.233 e. The molecule has 0 saturated carbocycles. The number of hydrogen-bond donors (Lipinski definition) is 1. The highest BCUT2D eigenvalue weighted by Crippen LogP contribution is 2.39. The zero-order chi connectivity index (χ0) is 16.4. The Kier molecular flexibility index (Phi) is 4.78. The standard InChI is InChI=1S/C17H15ClFNO2S/c18-14-9-12(3-6-15(14)19)17-20(16(22)10-23-17)8-7-11-1-4-13(21)5-2-11/h1-6,9,17,21H,7-8,10H2. The predicted molar refractivity (Wildman–Crippen MR) is 90.1 cm³/mol. The summed E-state index contributed by atoms with van der Waals surface area (Å²) in [5, 5.41) is 9.24. The Bertz CT molecular complexity index is 723. The van der Waals surface area contributed by atoms with Gasteiger partial charge in [0.2, 0.25) is 5.91 Å². The maximum atomic E-state index is 13.3. The summed E-state index contributed by atoms with van der Waals surface area (Å²) in [6.07, 6.45) is 0.692. The Morgan fingerprint density at radius 1 is 1.26 bits per heavy atom. The molecule has 1 fully saturated rings. The number of rotatable bonds is 4. The molecule has 1 N–H and O–H groups in total. The summed E-state index contributed by atoms with van der Waals surface area (Å²) < 4.78 is 13.3. The van der Waals surface area contributed by atoms with E-state index in [1.54, 1.807) is 29.2 Å². The largest absolute Gasteiger partial charge is 0.508 e. The normalized spacial score (nSPS) is 17.7. The van der Waals surface area contributed by atoms with Crippen molar-refractivity contribution in [1.29, 1.82) is 0 Å². The van der Waals surface area contributed by atoms with Gasteiger partial charge in [-0.25, -0.2) is 4.39 Å². The number of aromatic hydroxyl groups is 1. The third kappa shape index (κ3) is 3.62. The van der Waals surface area contributed by atoms with Crippen molar-refractivity contribution in [2.75, 3.05) is 12.3 Å². The lowest BCUT2D eigenvalue weighted by molar-refractivity contribution is -0.128. The van der Waals surface area contributed by atoms with Crippen molar-refractivity contribution in [2.45, 2.75) is 11.8 Å². The number of halogens is 2. The van der Waals surface area contributed by atoms with Crippen molar-refractivity contribution >= 4 is 29.3 Å². The van der Waals surface area contributed by atoms with E-state index in [0.29, 0.717) is 18.7 Å². The van der Waals surface area contributed by atoms with Crippen LogP contribution in [0.4, 0.5) is 4.39 Å². The highest BCUT2D eigenvalue weighted by atomic mass is 35.5. The van der Waals surface area contributed by atoms with Crippen LogP contribution in [-0.2, 0) is 11.2 Å². The molecule has 1 atom stereocenters. The Morgan fingerprint density at radius 2 is 2.00 bits per heavy atom. The highest BCUT2D eigenvalue weighted by Gasteiger charge is 2.32. The molecule has 0 aromatic heterocycles. The first-order chi connectivity index (χ1) is 11.0. The minimum Gasteiger partial charge on any atom is -0.508 e. The van der Waals surface area contributed by atoms with Crippen molar-refractivity contribution < 1.29 is 14.3 Å². The van der Waals surface area contributed by atoms with Gasteiger partial charge in [-0.1, -0.05) is 29.8 Å². The van der Waals surface area contributed by atoms with Crippen LogP contribution in [-0.4, -0.2) is 28.2 Å². The smallest absolute Gasteiger partial charge is 0.233 e. The summed E-state index contributed by atoms with van der Waals surface area (Å²) in [5.74, 6) is 0.245. The van der Waals surface area contributed by atoms with E-state index >= 15 is 0 Å².